The summed E-state index contributed by atoms with van der Waals surface area (Å²) in [4.78, 5) is 11.6. The van der Waals surface area contributed by atoms with Gasteiger partial charge in [-0.1, -0.05) is 6.07 Å². The number of ether oxygens (including phenoxy) is 2. The summed E-state index contributed by atoms with van der Waals surface area (Å²) in [5, 5.41) is 8.05. The zero-order valence-electron chi connectivity index (χ0n) is 17.4. The van der Waals surface area contributed by atoms with Crippen LogP contribution in [0.4, 0.5) is 17.5 Å². The molecule has 0 bridgehead atoms. The highest BCUT2D eigenvalue weighted by Crippen LogP contribution is 2.24. The van der Waals surface area contributed by atoms with E-state index in [2.05, 4.69) is 45.3 Å². The summed E-state index contributed by atoms with van der Waals surface area (Å²) in [5.41, 5.74) is 4.07. The van der Waals surface area contributed by atoms with Crippen LogP contribution < -0.4 is 10.2 Å². The van der Waals surface area contributed by atoms with E-state index < -0.39 is 0 Å². The number of pyridine rings is 2. The molecule has 3 aromatic rings. The number of morpholine rings is 1. The zero-order chi connectivity index (χ0) is 20.3. The molecular formula is C22H28N6O2. The summed E-state index contributed by atoms with van der Waals surface area (Å²) in [6.45, 7) is 7.07. The van der Waals surface area contributed by atoms with Gasteiger partial charge < -0.3 is 19.7 Å². The molecule has 2 aliphatic rings. The normalized spacial score (nSPS) is 18.1. The van der Waals surface area contributed by atoms with Crippen molar-refractivity contribution in [3.63, 3.8) is 0 Å². The molecule has 30 heavy (non-hydrogen) atoms. The molecule has 3 aromatic heterocycles. The van der Waals surface area contributed by atoms with Crippen molar-refractivity contribution in [1.82, 2.24) is 19.6 Å². The van der Waals surface area contributed by atoms with E-state index in [4.69, 9.17) is 14.6 Å². The summed E-state index contributed by atoms with van der Waals surface area (Å²) in [7, 11) is 0. The molecule has 2 saturated heterocycles. The summed E-state index contributed by atoms with van der Waals surface area (Å²) >= 11 is 0. The number of anilines is 3. The van der Waals surface area contributed by atoms with Crippen molar-refractivity contribution in [3.05, 3.63) is 41.7 Å². The van der Waals surface area contributed by atoms with Gasteiger partial charge >= 0.3 is 0 Å². The predicted octanol–water partition coefficient (Wildman–Crippen LogP) is 2.98. The quantitative estimate of drug-likeness (QED) is 0.695. The Bertz CT molecular complexity index is 1010. The summed E-state index contributed by atoms with van der Waals surface area (Å²) in [6, 6.07) is 8.30. The third kappa shape index (κ3) is 4.11. The first-order valence-electron chi connectivity index (χ1n) is 10.7. The minimum atomic E-state index is 0.592. The second-order valence-corrected chi connectivity index (χ2v) is 8.07. The first kappa shape index (κ1) is 19.3. The van der Waals surface area contributed by atoms with E-state index in [0.29, 0.717) is 11.9 Å². The predicted molar refractivity (Wildman–Crippen MR) is 116 cm³/mol. The van der Waals surface area contributed by atoms with Crippen LogP contribution in [0.25, 0.3) is 5.65 Å². The highest BCUT2D eigenvalue weighted by atomic mass is 16.5. The van der Waals surface area contributed by atoms with Crippen molar-refractivity contribution in [2.75, 3.05) is 49.7 Å². The van der Waals surface area contributed by atoms with Crippen LogP contribution in [-0.2, 0) is 15.9 Å². The third-order valence-corrected chi connectivity index (χ3v) is 5.89. The fourth-order valence-corrected chi connectivity index (χ4v) is 4.28. The van der Waals surface area contributed by atoms with Gasteiger partial charge in [-0.05, 0) is 55.9 Å². The number of hydrogen-bond donors (Lipinski definition) is 1. The maximum Gasteiger partial charge on any atom is 0.247 e. The lowest BCUT2D eigenvalue weighted by Gasteiger charge is -2.29. The summed E-state index contributed by atoms with van der Waals surface area (Å²) in [6.07, 6.45) is 5.07. The van der Waals surface area contributed by atoms with Crippen LogP contribution in [0.5, 0.6) is 0 Å². The van der Waals surface area contributed by atoms with Gasteiger partial charge in [-0.25, -0.2) is 9.50 Å². The molecule has 2 fully saturated rings. The van der Waals surface area contributed by atoms with Gasteiger partial charge in [-0.2, -0.15) is 4.98 Å². The molecule has 158 valence electrons. The highest BCUT2D eigenvalue weighted by molar-refractivity contribution is 5.60. The summed E-state index contributed by atoms with van der Waals surface area (Å²) < 4.78 is 12.9. The smallest absolute Gasteiger partial charge is 0.247 e. The first-order chi connectivity index (χ1) is 14.8. The number of aryl methyl sites for hydroxylation is 1. The number of nitrogens with one attached hydrogen (secondary N) is 1. The van der Waals surface area contributed by atoms with Crippen molar-refractivity contribution < 1.29 is 9.47 Å². The van der Waals surface area contributed by atoms with Gasteiger partial charge in [0, 0.05) is 32.0 Å². The van der Waals surface area contributed by atoms with Gasteiger partial charge in [-0.15, -0.1) is 5.10 Å². The molecule has 0 saturated carbocycles. The molecule has 0 aliphatic carbocycles. The van der Waals surface area contributed by atoms with Gasteiger partial charge in [0.2, 0.25) is 5.95 Å². The fourth-order valence-electron chi connectivity index (χ4n) is 4.28. The van der Waals surface area contributed by atoms with Gasteiger partial charge in [0.15, 0.2) is 5.65 Å². The highest BCUT2D eigenvalue weighted by Gasteiger charge is 2.18. The fraction of sp³-hybridized carbons (Fsp3) is 0.500. The van der Waals surface area contributed by atoms with Crippen LogP contribution in [0.15, 0.2) is 30.5 Å². The van der Waals surface area contributed by atoms with Gasteiger partial charge in [0.05, 0.1) is 25.1 Å². The van der Waals surface area contributed by atoms with Crippen LogP contribution in [-0.4, -0.2) is 59.1 Å². The first-order valence-corrected chi connectivity index (χ1v) is 10.7. The topological polar surface area (TPSA) is 76.8 Å². The van der Waals surface area contributed by atoms with Crippen LogP contribution in [0, 0.1) is 12.8 Å². The van der Waals surface area contributed by atoms with E-state index in [9.17, 15) is 0 Å². The maximum absolute atomic E-state index is 5.49. The average molecular weight is 409 g/mol. The van der Waals surface area contributed by atoms with Crippen LogP contribution in [0.1, 0.15) is 24.1 Å². The Morgan fingerprint density at radius 1 is 1.10 bits per heavy atom. The Kier molecular flexibility index (Phi) is 5.50. The SMILES string of the molecule is Cc1cc(Nc2nc3cccc(CC4CCOCC4)n3n2)cnc1N1CCOCC1. The van der Waals surface area contributed by atoms with E-state index >= 15 is 0 Å². The number of rotatable bonds is 5. The molecule has 0 radical (unpaired) electrons. The maximum atomic E-state index is 5.49. The summed E-state index contributed by atoms with van der Waals surface area (Å²) in [5.74, 6) is 2.25. The second kappa shape index (κ2) is 8.57. The molecule has 1 N–H and O–H groups in total. The Labute approximate surface area is 176 Å². The van der Waals surface area contributed by atoms with Crippen LogP contribution in [0.2, 0.25) is 0 Å². The molecular weight excluding hydrogens is 380 g/mol. The molecule has 8 nitrogen and oxygen atoms in total. The Hall–Kier alpha value is -2.71. The Morgan fingerprint density at radius 2 is 1.90 bits per heavy atom. The van der Waals surface area contributed by atoms with Crippen LogP contribution >= 0.6 is 0 Å². The van der Waals surface area contributed by atoms with E-state index in [1.54, 1.807) is 0 Å². The van der Waals surface area contributed by atoms with Crippen molar-refractivity contribution in [2.24, 2.45) is 5.92 Å². The van der Waals surface area contributed by atoms with Crippen molar-refractivity contribution in [2.45, 2.75) is 26.2 Å². The van der Waals surface area contributed by atoms with Crippen molar-refractivity contribution in [3.8, 4) is 0 Å². The molecule has 0 amide bonds. The third-order valence-electron chi connectivity index (χ3n) is 5.89. The monoisotopic (exact) mass is 408 g/mol. The average Bonchev–Trinajstić information content (AvgIpc) is 3.19. The lowest BCUT2D eigenvalue weighted by Crippen LogP contribution is -2.37. The molecule has 5 heterocycles. The Balaban J connectivity index is 1.34. The minimum absolute atomic E-state index is 0.592. The molecule has 2 aliphatic heterocycles. The Morgan fingerprint density at radius 3 is 2.70 bits per heavy atom. The number of fused-ring (bicyclic) bond motifs is 1. The van der Waals surface area contributed by atoms with E-state index in [-0.39, 0.29) is 0 Å². The van der Waals surface area contributed by atoms with Gasteiger partial charge in [-0.3, -0.25) is 0 Å². The lowest BCUT2D eigenvalue weighted by atomic mass is 9.95. The standard InChI is InChI=1S/C22H28N6O2/c1-16-13-18(15-23-21(16)27-7-11-30-12-8-27)24-22-25-20-4-2-3-19(28(20)26-22)14-17-5-9-29-10-6-17/h2-4,13,15,17H,5-12,14H2,1H3,(H,24,26). The number of hydrogen-bond acceptors (Lipinski definition) is 7. The molecule has 0 aromatic carbocycles. The van der Waals surface area contributed by atoms with E-state index in [1.165, 1.54) is 5.69 Å². The number of nitrogens with zero attached hydrogens (tertiary/aromatic N) is 5. The largest absolute Gasteiger partial charge is 0.381 e. The molecule has 0 atom stereocenters. The minimum Gasteiger partial charge on any atom is -0.381 e. The second-order valence-electron chi connectivity index (χ2n) is 8.07. The molecule has 8 heteroatoms. The van der Waals surface area contributed by atoms with E-state index in [0.717, 1.165) is 81.5 Å². The van der Waals surface area contributed by atoms with E-state index in [1.807, 2.05) is 16.8 Å². The zero-order valence-corrected chi connectivity index (χ0v) is 17.4. The van der Waals surface area contributed by atoms with Crippen molar-refractivity contribution in [1.29, 1.82) is 0 Å². The van der Waals surface area contributed by atoms with Gasteiger partial charge in [0.1, 0.15) is 5.82 Å². The lowest BCUT2D eigenvalue weighted by molar-refractivity contribution is 0.0661. The van der Waals surface area contributed by atoms with Crippen LogP contribution in [0.3, 0.4) is 0 Å². The van der Waals surface area contributed by atoms with Crippen molar-refractivity contribution >= 4 is 23.1 Å². The van der Waals surface area contributed by atoms with Gasteiger partial charge in [0.25, 0.3) is 0 Å². The number of aromatic nitrogens is 4. The molecule has 5 rings (SSSR count). The molecule has 0 spiro atoms. The molecule has 0 unspecified atom stereocenters.